The number of rotatable bonds is 5. The van der Waals surface area contributed by atoms with Crippen LogP contribution in [-0.2, 0) is 0 Å². The zero-order chi connectivity index (χ0) is 12.0. The molecule has 15 heavy (non-hydrogen) atoms. The van der Waals surface area contributed by atoms with Gasteiger partial charge in [-0.15, -0.1) is 0 Å². The molecule has 0 aliphatic rings. The number of hydrogen-bond donors (Lipinski definition) is 1. The van der Waals surface area contributed by atoms with Gasteiger partial charge in [-0.2, -0.15) is 0 Å². The van der Waals surface area contributed by atoms with Gasteiger partial charge >= 0.3 is 0 Å². The van der Waals surface area contributed by atoms with E-state index in [1.807, 2.05) is 6.92 Å². The molecule has 1 nitrogen and oxygen atoms in total. The first-order valence-corrected chi connectivity index (χ1v) is 5.35. The molecule has 0 amide bonds. The summed E-state index contributed by atoms with van der Waals surface area (Å²) in [6, 6.07) is 0. The first kappa shape index (κ1) is 13.8. The summed E-state index contributed by atoms with van der Waals surface area (Å²) in [7, 11) is 0. The third kappa shape index (κ3) is 4.68. The molecule has 0 aromatic rings. The lowest BCUT2D eigenvalue weighted by Crippen LogP contribution is -2.12. The van der Waals surface area contributed by atoms with E-state index in [0.717, 1.165) is 17.8 Å². The standard InChI is InChI=1S/C14H23N/c1-8-15-14(7)13(6)12(5)9-11(4)10(2)3/h9,15H,2,7-8H2,1,3-6H3/b11-9-,13-12+. The molecular formula is C14H23N. The Kier molecular flexibility index (Phi) is 5.76. The molecule has 1 N–H and O–H groups in total. The molecule has 1 heteroatoms. The first-order chi connectivity index (χ1) is 6.90. The van der Waals surface area contributed by atoms with Crippen LogP contribution in [0.3, 0.4) is 0 Å². The van der Waals surface area contributed by atoms with Crippen LogP contribution in [-0.4, -0.2) is 6.54 Å². The van der Waals surface area contributed by atoms with E-state index in [0.29, 0.717) is 0 Å². The summed E-state index contributed by atoms with van der Waals surface area (Å²) < 4.78 is 0. The van der Waals surface area contributed by atoms with Gasteiger partial charge in [0.05, 0.1) is 0 Å². The highest BCUT2D eigenvalue weighted by molar-refractivity contribution is 5.39. The number of hydrogen-bond acceptors (Lipinski definition) is 1. The monoisotopic (exact) mass is 205 g/mol. The second-order valence-electron chi connectivity index (χ2n) is 3.92. The second kappa shape index (κ2) is 6.28. The minimum atomic E-state index is 0.909. The quantitative estimate of drug-likeness (QED) is 0.670. The van der Waals surface area contributed by atoms with Gasteiger partial charge in [0, 0.05) is 12.2 Å². The average molecular weight is 205 g/mol. The van der Waals surface area contributed by atoms with E-state index < -0.39 is 0 Å². The Bertz CT molecular complexity index is 316. The van der Waals surface area contributed by atoms with Crippen LogP contribution in [0.2, 0.25) is 0 Å². The molecule has 84 valence electrons. The topological polar surface area (TPSA) is 12.0 Å². The molecule has 0 unspecified atom stereocenters. The van der Waals surface area contributed by atoms with Crippen molar-refractivity contribution in [3.8, 4) is 0 Å². The van der Waals surface area contributed by atoms with E-state index >= 15 is 0 Å². The van der Waals surface area contributed by atoms with Gasteiger partial charge < -0.3 is 5.32 Å². The largest absolute Gasteiger partial charge is 0.386 e. The smallest absolute Gasteiger partial charge is 0.0299 e. The van der Waals surface area contributed by atoms with Gasteiger partial charge in [-0.05, 0) is 51.3 Å². The molecule has 0 rings (SSSR count). The maximum Gasteiger partial charge on any atom is 0.0299 e. The molecule has 0 aliphatic heterocycles. The Labute approximate surface area is 94.3 Å². The fourth-order valence-corrected chi connectivity index (χ4v) is 1.14. The fourth-order valence-electron chi connectivity index (χ4n) is 1.14. The lowest BCUT2D eigenvalue weighted by atomic mass is 10.0. The summed E-state index contributed by atoms with van der Waals surface area (Å²) in [6.45, 7) is 19.2. The highest BCUT2D eigenvalue weighted by atomic mass is 14.9. The third-order valence-corrected chi connectivity index (χ3v) is 2.54. The summed E-state index contributed by atoms with van der Waals surface area (Å²) in [6.07, 6.45) is 2.15. The minimum Gasteiger partial charge on any atom is -0.386 e. The zero-order valence-electron chi connectivity index (χ0n) is 10.7. The van der Waals surface area contributed by atoms with Crippen LogP contribution in [0.25, 0.3) is 0 Å². The van der Waals surface area contributed by atoms with Crippen LogP contribution in [0.4, 0.5) is 0 Å². The van der Waals surface area contributed by atoms with Crippen molar-refractivity contribution in [2.24, 2.45) is 0 Å². The number of likely N-dealkylation sites (N-methyl/N-ethyl adjacent to an activating group) is 1. The van der Waals surface area contributed by atoms with Crippen molar-refractivity contribution >= 4 is 0 Å². The molecule has 0 bridgehead atoms. The van der Waals surface area contributed by atoms with Gasteiger partial charge in [0.15, 0.2) is 0 Å². The predicted molar refractivity (Wildman–Crippen MR) is 69.8 cm³/mol. The van der Waals surface area contributed by atoms with Gasteiger partial charge in [0.1, 0.15) is 0 Å². The van der Waals surface area contributed by atoms with Crippen LogP contribution < -0.4 is 5.32 Å². The Balaban J connectivity index is 4.87. The molecule has 0 saturated heterocycles. The Hall–Kier alpha value is -1.24. The molecule has 0 atom stereocenters. The van der Waals surface area contributed by atoms with E-state index in [9.17, 15) is 0 Å². The predicted octanol–water partition coefficient (Wildman–Crippen LogP) is 3.97. The Morgan fingerprint density at radius 3 is 2.07 bits per heavy atom. The van der Waals surface area contributed by atoms with Crippen molar-refractivity contribution in [3.63, 3.8) is 0 Å². The summed E-state index contributed by atoms with van der Waals surface area (Å²) in [5.41, 5.74) is 5.77. The molecule has 0 saturated carbocycles. The van der Waals surface area contributed by atoms with Crippen molar-refractivity contribution in [2.45, 2.75) is 34.6 Å². The highest BCUT2D eigenvalue weighted by Gasteiger charge is 1.99. The molecule has 0 fully saturated rings. The average Bonchev–Trinajstić information content (AvgIpc) is 2.16. The lowest BCUT2D eigenvalue weighted by Gasteiger charge is -2.10. The van der Waals surface area contributed by atoms with E-state index in [-0.39, 0.29) is 0 Å². The summed E-state index contributed by atoms with van der Waals surface area (Å²) in [5, 5.41) is 3.22. The van der Waals surface area contributed by atoms with Crippen LogP contribution in [0.15, 0.2) is 47.2 Å². The lowest BCUT2D eigenvalue weighted by molar-refractivity contribution is 0.863. The van der Waals surface area contributed by atoms with Crippen molar-refractivity contribution in [1.82, 2.24) is 5.32 Å². The summed E-state index contributed by atoms with van der Waals surface area (Å²) in [5.74, 6) is 0. The molecule has 0 heterocycles. The van der Waals surface area contributed by atoms with E-state index in [2.05, 4.69) is 52.2 Å². The van der Waals surface area contributed by atoms with Gasteiger partial charge in [0.25, 0.3) is 0 Å². The fraction of sp³-hybridized carbons (Fsp3) is 0.429. The molecule has 0 radical (unpaired) electrons. The number of allylic oxidation sites excluding steroid dienone is 5. The molecule has 0 aliphatic carbocycles. The Morgan fingerprint density at radius 2 is 1.67 bits per heavy atom. The van der Waals surface area contributed by atoms with Gasteiger partial charge in [0.2, 0.25) is 0 Å². The van der Waals surface area contributed by atoms with E-state index in [4.69, 9.17) is 0 Å². The van der Waals surface area contributed by atoms with Crippen LogP contribution >= 0.6 is 0 Å². The van der Waals surface area contributed by atoms with E-state index in [1.54, 1.807) is 0 Å². The van der Waals surface area contributed by atoms with Crippen molar-refractivity contribution in [2.75, 3.05) is 6.54 Å². The SMILES string of the molecule is C=C(C)/C(C)=C\C(C)=C(/C)C(=C)NCC. The van der Waals surface area contributed by atoms with Crippen molar-refractivity contribution in [1.29, 1.82) is 0 Å². The maximum atomic E-state index is 4.00. The normalized spacial score (nSPS) is 13.3. The van der Waals surface area contributed by atoms with Gasteiger partial charge in [-0.25, -0.2) is 0 Å². The minimum absolute atomic E-state index is 0.909. The maximum absolute atomic E-state index is 4.00. The molecule has 0 aromatic carbocycles. The zero-order valence-corrected chi connectivity index (χ0v) is 10.7. The second-order valence-corrected chi connectivity index (χ2v) is 3.92. The van der Waals surface area contributed by atoms with Gasteiger partial charge in [-0.3, -0.25) is 0 Å². The third-order valence-electron chi connectivity index (χ3n) is 2.54. The summed E-state index contributed by atoms with van der Waals surface area (Å²) >= 11 is 0. The van der Waals surface area contributed by atoms with Gasteiger partial charge in [-0.1, -0.05) is 24.8 Å². The van der Waals surface area contributed by atoms with Crippen molar-refractivity contribution in [3.05, 3.63) is 47.2 Å². The van der Waals surface area contributed by atoms with Crippen LogP contribution in [0.1, 0.15) is 34.6 Å². The van der Waals surface area contributed by atoms with Crippen LogP contribution in [0.5, 0.6) is 0 Å². The van der Waals surface area contributed by atoms with Crippen molar-refractivity contribution < 1.29 is 0 Å². The molecule has 0 spiro atoms. The number of nitrogens with one attached hydrogen (secondary N) is 1. The van der Waals surface area contributed by atoms with E-state index in [1.165, 1.54) is 16.7 Å². The Morgan fingerprint density at radius 1 is 1.13 bits per heavy atom. The summed E-state index contributed by atoms with van der Waals surface area (Å²) in [4.78, 5) is 0. The highest BCUT2D eigenvalue weighted by Crippen LogP contribution is 2.15. The molecular weight excluding hydrogens is 182 g/mol. The first-order valence-electron chi connectivity index (χ1n) is 5.35. The van der Waals surface area contributed by atoms with Crippen LogP contribution in [0, 0.1) is 0 Å². The molecule has 0 aromatic heterocycles.